The van der Waals surface area contributed by atoms with Gasteiger partial charge >= 0.3 is 0 Å². The fourth-order valence-corrected chi connectivity index (χ4v) is 2.44. The second-order valence-corrected chi connectivity index (χ2v) is 5.69. The number of nitrogens with one attached hydrogen (secondary N) is 1. The van der Waals surface area contributed by atoms with Crippen molar-refractivity contribution in [2.75, 3.05) is 5.73 Å². The zero-order chi connectivity index (χ0) is 17.1. The summed E-state index contributed by atoms with van der Waals surface area (Å²) in [5, 5.41) is 10.8. The van der Waals surface area contributed by atoms with E-state index in [1.54, 1.807) is 0 Å². The molecule has 0 fully saturated rings. The molecule has 6 nitrogen and oxygen atoms in total. The fourth-order valence-electron chi connectivity index (χ4n) is 2.44. The summed E-state index contributed by atoms with van der Waals surface area (Å²) in [5.41, 5.74) is 10.2. The van der Waals surface area contributed by atoms with Gasteiger partial charge in [0.1, 0.15) is 0 Å². The second kappa shape index (κ2) is 6.54. The molecule has 0 saturated heterocycles. The Labute approximate surface area is 140 Å². The van der Waals surface area contributed by atoms with Gasteiger partial charge in [0.15, 0.2) is 11.5 Å². The maximum absolute atomic E-state index is 12.3. The largest absolute Gasteiger partial charge is 0.382 e. The second-order valence-electron chi connectivity index (χ2n) is 5.69. The third kappa shape index (κ3) is 3.12. The number of aromatic nitrogens is 3. The third-order valence-corrected chi connectivity index (χ3v) is 3.81. The van der Waals surface area contributed by atoms with Gasteiger partial charge in [0.05, 0.1) is 5.69 Å². The first-order valence-electron chi connectivity index (χ1n) is 7.67. The van der Waals surface area contributed by atoms with Crippen LogP contribution in [0.2, 0.25) is 0 Å². The number of carbonyl (C=O) groups excluding carboxylic acids is 1. The van der Waals surface area contributed by atoms with Crippen LogP contribution in [0.4, 0.5) is 5.82 Å². The lowest BCUT2D eigenvalue weighted by molar-refractivity contribution is 0.0947. The first-order chi connectivity index (χ1) is 11.6. The van der Waals surface area contributed by atoms with E-state index < -0.39 is 0 Å². The van der Waals surface area contributed by atoms with Crippen molar-refractivity contribution in [3.05, 3.63) is 70.9 Å². The Balaban J connectivity index is 1.82. The number of aryl methyl sites for hydroxylation is 2. The van der Waals surface area contributed by atoms with Crippen LogP contribution in [-0.4, -0.2) is 20.9 Å². The van der Waals surface area contributed by atoms with Gasteiger partial charge in [0.25, 0.3) is 5.91 Å². The summed E-state index contributed by atoms with van der Waals surface area (Å²) >= 11 is 0. The Morgan fingerprint density at radius 2 is 1.92 bits per heavy atom. The lowest BCUT2D eigenvalue weighted by Gasteiger charge is -2.08. The molecule has 0 radical (unpaired) electrons. The van der Waals surface area contributed by atoms with Crippen molar-refractivity contribution in [1.82, 2.24) is 20.3 Å². The maximum Gasteiger partial charge on any atom is 0.275 e. The minimum atomic E-state index is -0.340. The first kappa shape index (κ1) is 15.7. The first-order valence-corrected chi connectivity index (χ1v) is 7.67. The van der Waals surface area contributed by atoms with Gasteiger partial charge in [-0.2, -0.15) is 4.68 Å². The number of nitrogen functional groups attached to an aromatic ring is 1. The predicted molar refractivity (Wildman–Crippen MR) is 92.9 cm³/mol. The minimum Gasteiger partial charge on any atom is -0.382 e. The SMILES string of the molecule is Cc1ccc(C)c(-n2nnc(C(=O)NCc3ccccc3)c2N)c1. The van der Waals surface area contributed by atoms with Crippen LogP contribution in [0.5, 0.6) is 0 Å². The van der Waals surface area contributed by atoms with Gasteiger partial charge in [-0.15, -0.1) is 5.10 Å². The lowest BCUT2D eigenvalue weighted by Crippen LogP contribution is -2.24. The normalized spacial score (nSPS) is 10.6. The van der Waals surface area contributed by atoms with Gasteiger partial charge in [-0.25, -0.2) is 0 Å². The average molecular weight is 321 g/mol. The molecule has 3 aromatic rings. The Morgan fingerprint density at radius 1 is 1.17 bits per heavy atom. The number of hydrogen-bond donors (Lipinski definition) is 2. The van der Waals surface area contributed by atoms with E-state index in [-0.39, 0.29) is 17.4 Å². The molecule has 0 atom stereocenters. The van der Waals surface area contributed by atoms with E-state index in [0.717, 1.165) is 22.4 Å². The van der Waals surface area contributed by atoms with Crippen molar-refractivity contribution in [2.24, 2.45) is 0 Å². The van der Waals surface area contributed by atoms with Crippen LogP contribution < -0.4 is 11.1 Å². The smallest absolute Gasteiger partial charge is 0.275 e. The molecular formula is C18H19N5O. The van der Waals surface area contributed by atoms with E-state index in [1.807, 2.05) is 62.4 Å². The Hall–Kier alpha value is -3.15. The molecule has 6 heteroatoms. The Morgan fingerprint density at radius 3 is 2.67 bits per heavy atom. The van der Waals surface area contributed by atoms with Crippen LogP contribution in [0.3, 0.4) is 0 Å². The molecule has 0 unspecified atom stereocenters. The highest BCUT2D eigenvalue weighted by Gasteiger charge is 2.19. The van der Waals surface area contributed by atoms with Gasteiger partial charge in [-0.3, -0.25) is 4.79 Å². The highest BCUT2D eigenvalue weighted by Crippen LogP contribution is 2.19. The molecule has 0 bridgehead atoms. The van der Waals surface area contributed by atoms with Gasteiger partial charge in [0, 0.05) is 6.54 Å². The molecule has 0 spiro atoms. The van der Waals surface area contributed by atoms with E-state index in [0.29, 0.717) is 6.54 Å². The molecule has 24 heavy (non-hydrogen) atoms. The van der Waals surface area contributed by atoms with Crippen molar-refractivity contribution in [3.8, 4) is 5.69 Å². The molecule has 1 amide bonds. The highest BCUT2D eigenvalue weighted by molar-refractivity contribution is 5.96. The molecule has 3 N–H and O–H groups in total. The number of carbonyl (C=O) groups is 1. The molecule has 3 rings (SSSR count). The molecular weight excluding hydrogens is 302 g/mol. The molecule has 122 valence electrons. The van der Waals surface area contributed by atoms with Crippen LogP contribution in [0.25, 0.3) is 5.69 Å². The number of nitrogens with two attached hydrogens (primary N) is 1. The topological polar surface area (TPSA) is 85.8 Å². The molecule has 0 saturated carbocycles. The molecule has 1 heterocycles. The number of nitrogens with zero attached hydrogens (tertiary/aromatic N) is 3. The zero-order valence-electron chi connectivity index (χ0n) is 13.7. The quantitative estimate of drug-likeness (QED) is 0.772. The van der Waals surface area contributed by atoms with Crippen LogP contribution >= 0.6 is 0 Å². The summed E-state index contributed by atoms with van der Waals surface area (Å²) in [6.45, 7) is 4.37. The third-order valence-electron chi connectivity index (χ3n) is 3.81. The number of rotatable bonds is 4. The van der Waals surface area contributed by atoms with Gasteiger partial charge in [-0.05, 0) is 36.6 Å². The molecule has 2 aromatic carbocycles. The number of anilines is 1. The molecule has 0 aliphatic carbocycles. The minimum absolute atomic E-state index is 0.131. The van der Waals surface area contributed by atoms with Crippen molar-refractivity contribution in [3.63, 3.8) is 0 Å². The maximum atomic E-state index is 12.3. The van der Waals surface area contributed by atoms with Crippen molar-refractivity contribution in [1.29, 1.82) is 0 Å². The molecule has 1 aromatic heterocycles. The summed E-state index contributed by atoms with van der Waals surface area (Å²) in [6, 6.07) is 15.6. The lowest BCUT2D eigenvalue weighted by atomic mass is 10.1. The summed E-state index contributed by atoms with van der Waals surface area (Å²) < 4.78 is 1.50. The molecule has 0 aliphatic heterocycles. The van der Waals surface area contributed by atoms with Crippen LogP contribution in [0.15, 0.2) is 48.5 Å². The van der Waals surface area contributed by atoms with E-state index in [2.05, 4.69) is 15.6 Å². The highest BCUT2D eigenvalue weighted by atomic mass is 16.2. The van der Waals surface area contributed by atoms with Crippen molar-refractivity contribution in [2.45, 2.75) is 20.4 Å². The van der Waals surface area contributed by atoms with E-state index in [9.17, 15) is 4.79 Å². The zero-order valence-corrected chi connectivity index (χ0v) is 13.7. The fraction of sp³-hybridized carbons (Fsp3) is 0.167. The Bertz CT molecular complexity index is 870. The number of benzene rings is 2. The van der Waals surface area contributed by atoms with Gasteiger partial charge in [-0.1, -0.05) is 47.7 Å². The summed E-state index contributed by atoms with van der Waals surface area (Å²) in [7, 11) is 0. The van der Waals surface area contributed by atoms with Crippen molar-refractivity contribution >= 4 is 11.7 Å². The van der Waals surface area contributed by atoms with Crippen LogP contribution in [0, 0.1) is 13.8 Å². The van der Waals surface area contributed by atoms with E-state index >= 15 is 0 Å². The van der Waals surface area contributed by atoms with Crippen LogP contribution in [0.1, 0.15) is 27.2 Å². The van der Waals surface area contributed by atoms with Gasteiger partial charge in [0.2, 0.25) is 0 Å². The van der Waals surface area contributed by atoms with Crippen LogP contribution in [-0.2, 0) is 6.54 Å². The summed E-state index contributed by atoms with van der Waals surface area (Å²) in [5.74, 6) is -0.109. The summed E-state index contributed by atoms with van der Waals surface area (Å²) in [4.78, 5) is 12.3. The summed E-state index contributed by atoms with van der Waals surface area (Å²) in [6.07, 6.45) is 0. The monoisotopic (exact) mass is 321 g/mol. The number of amides is 1. The van der Waals surface area contributed by atoms with Gasteiger partial charge < -0.3 is 11.1 Å². The number of hydrogen-bond acceptors (Lipinski definition) is 4. The Kier molecular flexibility index (Phi) is 4.29. The standard InChI is InChI=1S/C18H19N5O/c1-12-8-9-13(2)15(10-12)23-17(19)16(21-22-23)18(24)20-11-14-6-4-3-5-7-14/h3-10H,11,19H2,1-2H3,(H,20,24). The predicted octanol–water partition coefficient (Wildman–Crippen LogP) is 2.40. The molecule has 0 aliphatic rings. The van der Waals surface area contributed by atoms with E-state index in [1.165, 1.54) is 4.68 Å². The van der Waals surface area contributed by atoms with Crippen molar-refractivity contribution < 1.29 is 4.79 Å². The average Bonchev–Trinajstić information content (AvgIpc) is 2.97. The van der Waals surface area contributed by atoms with E-state index in [4.69, 9.17) is 5.73 Å².